The summed E-state index contributed by atoms with van der Waals surface area (Å²) < 4.78 is 25.3. The molecule has 0 aromatic heterocycles. The van der Waals surface area contributed by atoms with Gasteiger partial charge in [0.25, 0.3) is 0 Å². The first-order valence-electron chi connectivity index (χ1n) is 5.09. The predicted octanol–water partition coefficient (Wildman–Crippen LogP) is 1.10. The van der Waals surface area contributed by atoms with E-state index in [4.69, 9.17) is 5.11 Å². The van der Waals surface area contributed by atoms with Crippen molar-refractivity contribution in [2.75, 3.05) is 4.72 Å². The maximum atomic E-state index is 11.6. The molecular formula is C11H13NO5S. The lowest BCUT2D eigenvalue weighted by molar-refractivity contribution is -0.136. The number of benzene rings is 1. The number of carboxylic acids is 1. The normalized spacial score (nSPS) is 12.8. The number of hydrogen-bond acceptors (Lipinski definition) is 4. The van der Waals surface area contributed by atoms with E-state index in [-0.39, 0.29) is 11.5 Å². The molecule has 1 aromatic rings. The summed E-state index contributed by atoms with van der Waals surface area (Å²) in [6, 6.07) is 5.74. The first kappa shape index (κ1) is 14.2. The number of aliphatic carboxylic acids is 1. The highest BCUT2D eigenvalue weighted by Gasteiger charge is 2.27. The number of carboxylic acid groups (broad SMARTS) is 1. The first-order valence-corrected chi connectivity index (χ1v) is 6.64. The highest BCUT2D eigenvalue weighted by Crippen LogP contribution is 2.14. The molecule has 0 aliphatic heterocycles. The molecule has 0 bridgehead atoms. The molecule has 0 fully saturated rings. The van der Waals surface area contributed by atoms with Crippen LogP contribution in [0.3, 0.4) is 0 Å². The number of Topliss-reactive ketones (excluding diaryl/α,β-unsaturated/α-hetero) is 1. The average Bonchev–Trinajstić information content (AvgIpc) is 2.28. The van der Waals surface area contributed by atoms with Gasteiger partial charge in [0.2, 0.25) is 10.0 Å². The lowest BCUT2D eigenvalue weighted by atomic mass is 10.1. The van der Waals surface area contributed by atoms with Crippen LogP contribution in [0.2, 0.25) is 0 Å². The zero-order valence-electron chi connectivity index (χ0n) is 9.88. The topological polar surface area (TPSA) is 101 Å². The third-order valence-electron chi connectivity index (χ3n) is 2.36. The number of hydrogen-bond donors (Lipinski definition) is 2. The Kier molecular flexibility index (Phi) is 4.07. The van der Waals surface area contributed by atoms with Crippen LogP contribution in [-0.2, 0) is 14.8 Å². The van der Waals surface area contributed by atoms with Gasteiger partial charge in [-0.05, 0) is 38.1 Å². The standard InChI is InChI=1S/C11H13NO5S/c1-7(13)9-3-5-10(6-4-9)12-18(16,17)8(2)11(14)15/h3-6,8,12H,1-2H3,(H,14,15). The molecule has 0 aliphatic carbocycles. The zero-order valence-corrected chi connectivity index (χ0v) is 10.7. The Bertz CT molecular complexity index is 562. The van der Waals surface area contributed by atoms with Crippen molar-refractivity contribution in [3.05, 3.63) is 29.8 Å². The lowest BCUT2D eigenvalue weighted by Gasteiger charge is -2.11. The molecule has 0 amide bonds. The van der Waals surface area contributed by atoms with Gasteiger partial charge >= 0.3 is 5.97 Å². The fraction of sp³-hybridized carbons (Fsp3) is 0.273. The number of rotatable bonds is 5. The molecule has 1 unspecified atom stereocenters. The number of ketones is 1. The van der Waals surface area contributed by atoms with Crippen LogP contribution in [0.1, 0.15) is 24.2 Å². The van der Waals surface area contributed by atoms with Gasteiger partial charge in [-0.3, -0.25) is 14.3 Å². The Labute approximate surface area is 105 Å². The molecule has 0 aliphatic rings. The summed E-state index contributed by atoms with van der Waals surface area (Å²) in [5.74, 6) is -1.56. The van der Waals surface area contributed by atoms with Gasteiger partial charge in [-0.25, -0.2) is 8.42 Å². The Morgan fingerprint density at radius 3 is 2.11 bits per heavy atom. The van der Waals surface area contributed by atoms with Crippen LogP contribution in [-0.4, -0.2) is 30.5 Å². The average molecular weight is 271 g/mol. The van der Waals surface area contributed by atoms with Crippen LogP contribution >= 0.6 is 0 Å². The van der Waals surface area contributed by atoms with E-state index in [2.05, 4.69) is 4.72 Å². The van der Waals surface area contributed by atoms with Crippen molar-refractivity contribution in [1.82, 2.24) is 0 Å². The molecule has 1 atom stereocenters. The van der Waals surface area contributed by atoms with E-state index in [0.29, 0.717) is 5.56 Å². The van der Waals surface area contributed by atoms with E-state index in [0.717, 1.165) is 6.92 Å². The molecule has 7 heteroatoms. The quantitative estimate of drug-likeness (QED) is 0.781. The van der Waals surface area contributed by atoms with E-state index >= 15 is 0 Å². The molecule has 6 nitrogen and oxygen atoms in total. The maximum absolute atomic E-state index is 11.6. The van der Waals surface area contributed by atoms with Gasteiger partial charge < -0.3 is 5.11 Å². The molecule has 1 aromatic carbocycles. The Hall–Kier alpha value is -1.89. The molecule has 18 heavy (non-hydrogen) atoms. The summed E-state index contributed by atoms with van der Waals surface area (Å²) in [7, 11) is -3.98. The highest BCUT2D eigenvalue weighted by atomic mass is 32.2. The molecule has 0 saturated carbocycles. The Morgan fingerprint density at radius 2 is 1.72 bits per heavy atom. The van der Waals surface area contributed by atoms with Crippen LogP contribution in [0.5, 0.6) is 0 Å². The van der Waals surface area contributed by atoms with Gasteiger partial charge in [-0.2, -0.15) is 0 Å². The van der Waals surface area contributed by atoms with Crippen LogP contribution < -0.4 is 4.72 Å². The molecule has 98 valence electrons. The van der Waals surface area contributed by atoms with E-state index in [9.17, 15) is 18.0 Å². The van der Waals surface area contributed by atoms with Crippen molar-refractivity contribution in [1.29, 1.82) is 0 Å². The van der Waals surface area contributed by atoms with Crippen molar-refractivity contribution in [3.63, 3.8) is 0 Å². The summed E-state index contributed by atoms with van der Waals surface area (Å²) in [5.41, 5.74) is 0.664. The van der Waals surface area contributed by atoms with Crippen molar-refractivity contribution < 1.29 is 23.1 Å². The summed E-state index contributed by atoms with van der Waals surface area (Å²) >= 11 is 0. The minimum atomic E-state index is -3.98. The van der Waals surface area contributed by atoms with Crippen molar-refractivity contribution in [2.24, 2.45) is 0 Å². The van der Waals surface area contributed by atoms with Crippen molar-refractivity contribution in [2.45, 2.75) is 19.1 Å². The van der Waals surface area contributed by atoms with Crippen LogP contribution in [0.25, 0.3) is 0 Å². The number of carbonyl (C=O) groups excluding carboxylic acids is 1. The molecule has 1 rings (SSSR count). The SMILES string of the molecule is CC(=O)c1ccc(NS(=O)(=O)C(C)C(=O)O)cc1. The molecule has 2 N–H and O–H groups in total. The van der Waals surface area contributed by atoms with Gasteiger partial charge in [-0.15, -0.1) is 0 Å². The third-order valence-corrected chi connectivity index (χ3v) is 4.02. The van der Waals surface area contributed by atoms with E-state index in [1.165, 1.54) is 31.2 Å². The molecule has 0 heterocycles. The molecule has 0 radical (unpaired) electrons. The van der Waals surface area contributed by atoms with Crippen molar-refractivity contribution in [3.8, 4) is 0 Å². The van der Waals surface area contributed by atoms with E-state index in [1.807, 2.05) is 0 Å². The van der Waals surface area contributed by atoms with Crippen LogP contribution in [0.15, 0.2) is 24.3 Å². The lowest BCUT2D eigenvalue weighted by Crippen LogP contribution is -2.32. The molecular weight excluding hydrogens is 258 g/mol. The number of sulfonamides is 1. The molecule has 0 saturated heterocycles. The van der Waals surface area contributed by atoms with Crippen LogP contribution in [0, 0.1) is 0 Å². The smallest absolute Gasteiger partial charge is 0.323 e. The van der Waals surface area contributed by atoms with Crippen LogP contribution in [0.4, 0.5) is 5.69 Å². The number of anilines is 1. The first-order chi connectivity index (χ1) is 8.24. The van der Waals surface area contributed by atoms with E-state index < -0.39 is 21.2 Å². The van der Waals surface area contributed by atoms with Gasteiger partial charge in [0, 0.05) is 11.3 Å². The third kappa shape index (κ3) is 3.30. The van der Waals surface area contributed by atoms with Gasteiger partial charge in [0.1, 0.15) is 0 Å². The monoisotopic (exact) mass is 271 g/mol. The minimum Gasteiger partial charge on any atom is -0.480 e. The fourth-order valence-electron chi connectivity index (χ4n) is 1.16. The zero-order chi connectivity index (χ0) is 13.9. The number of nitrogens with one attached hydrogen (secondary N) is 1. The maximum Gasteiger partial charge on any atom is 0.323 e. The summed E-state index contributed by atoms with van der Waals surface area (Å²) in [5, 5.41) is 7.10. The summed E-state index contributed by atoms with van der Waals surface area (Å²) in [6.45, 7) is 2.47. The fourth-order valence-corrected chi connectivity index (χ4v) is 2.07. The highest BCUT2D eigenvalue weighted by molar-refractivity contribution is 7.94. The second-order valence-electron chi connectivity index (χ2n) is 3.76. The second kappa shape index (κ2) is 5.18. The van der Waals surface area contributed by atoms with Gasteiger partial charge in [0.05, 0.1) is 0 Å². The summed E-state index contributed by atoms with van der Waals surface area (Å²) in [6.07, 6.45) is 0. The van der Waals surface area contributed by atoms with E-state index in [1.54, 1.807) is 0 Å². The van der Waals surface area contributed by atoms with Crippen molar-refractivity contribution >= 4 is 27.5 Å². The largest absolute Gasteiger partial charge is 0.480 e. The van der Waals surface area contributed by atoms with Gasteiger partial charge in [0.15, 0.2) is 11.0 Å². The minimum absolute atomic E-state index is 0.136. The Balaban J connectivity index is 2.92. The molecule has 0 spiro atoms. The summed E-state index contributed by atoms with van der Waals surface area (Å²) in [4.78, 5) is 21.6. The van der Waals surface area contributed by atoms with Gasteiger partial charge in [-0.1, -0.05) is 0 Å². The predicted molar refractivity (Wildman–Crippen MR) is 66.1 cm³/mol. The Morgan fingerprint density at radius 1 is 1.22 bits per heavy atom. The second-order valence-corrected chi connectivity index (χ2v) is 5.76. The number of carbonyl (C=O) groups is 2.